The van der Waals surface area contributed by atoms with E-state index in [0.717, 1.165) is 31.5 Å². The van der Waals surface area contributed by atoms with Crippen molar-refractivity contribution >= 4 is 11.3 Å². The molecule has 0 aromatic carbocycles. The van der Waals surface area contributed by atoms with E-state index in [-0.39, 0.29) is 0 Å². The first-order valence-corrected chi connectivity index (χ1v) is 8.70. The SMILES string of the molecule is COCCNCC1(Cc2nc(C)cs2)CC2CCC1C2. The third-order valence-electron chi connectivity index (χ3n) is 5.23. The van der Waals surface area contributed by atoms with Gasteiger partial charge < -0.3 is 10.1 Å². The van der Waals surface area contributed by atoms with Gasteiger partial charge in [-0.1, -0.05) is 6.42 Å². The van der Waals surface area contributed by atoms with Crippen LogP contribution in [-0.4, -0.2) is 31.8 Å². The second-order valence-electron chi connectivity index (χ2n) is 6.67. The highest BCUT2D eigenvalue weighted by Crippen LogP contribution is 2.57. The molecule has 4 heteroatoms. The Morgan fingerprint density at radius 3 is 3.00 bits per heavy atom. The summed E-state index contributed by atoms with van der Waals surface area (Å²) in [7, 11) is 1.77. The second-order valence-corrected chi connectivity index (χ2v) is 7.61. The van der Waals surface area contributed by atoms with E-state index in [9.17, 15) is 0 Å². The second kappa shape index (κ2) is 6.12. The van der Waals surface area contributed by atoms with Crippen LogP contribution in [0.25, 0.3) is 0 Å². The number of ether oxygens (including phenoxy) is 1. The van der Waals surface area contributed by atoms with Crippen LogP contribution in [0.5, 0.6) is 0 Å². The number of hydrogen-bond donors (Lipinski definition) is 1. The number of methoxy groups -OCH3 is 1. The Morgan fingerprint density at radius 1 is 1.50 bits per heavy atom. The van der Waals surface area contributed by atoms with Crippen LogP contribution in [0.4, 0.5) is 0 Å². The van der Waals surface area contributed by atoms with E-state index in [1.165, 1.54) is 42.8 Å². The van der Waals surface area contributed by atoms with Crippen LogP contribution in [0.2, 0.25) is 0 Å². The van der Waals surface area contributed by atoms with Crippen LogP contribution in [0.1, 0.15) is 36.4 Å². The minimum Gasteiger partial charge on any atom is -0.383 e. The molecule has 2 saturated carbocycles. The Hall–Kier alpha value is -0.450. The fraction of sp³-hybridized carbons (Fsp3) is 0.812. The molecule has 1 aromatic heterocycles. The largest absolute Gasteiger partial charge is 0.383 e. The van der Waals surface area contributed by atoms with Gasteiger partial charge in [-0.05, 0) is 43.4 Å². The lowest BCUT2D eigenvalue weighted by atomic mass is 9.71. The third-order valence-corrected chi connectivity index (χ3v) is 6.20. The zero-order valence-electron chi connectivity index (χ0n) is 12.7. The quantitative estimate of drug-likeness (QED) is 0.785. The molecule has 20 heavy (non-hydrogen) atoms. The van der Waals surface area contributed by atoms with Crippen molar-refractivity contribution in [2.24, 2.45) is 17.3 Å². The molecule has 3 nitrogen and oxygen atoms in total. The minimum atomic E-state index is 0.459. The minimum absolute atomic E-state index is 0.459. The van der Waals surface area contributed by atoms with Gasteiger partial charge in [0.15, 0.2) is 0 Å². The normalized spacial score (nSPS) is 32.1. The summed E-state index contributed by atoms with van der Waals surface area (Å²) in [6, 6.07) is 0. The fourth-order valence-electron chi connectivity index (χ4n) is 4.35. The predicted molar refractivity (Wildman–Crippen MR) is 83.2 cm³/mol. The van der Waals surface area contributed by atoms with E-state index >= 15 is 0 Å². The summed E-state index contributed by atoms with van der Waals surface area (Å²) in [5, 5.41) is 7.16. The first kappa shape index (κ1) is 14.5. The molecule has 3 rings (SSSR count). The zero-order valence-corrected chi connectivity index (χ0v) is 13.5. The van der Waals surface area contributed by atoms with Gasteiger partial charge >= 0.3 is 0 Å². The number of aryl methyl sites for hydroxylation is 1. The Bertz CT molecular complexity index is 447. The highest BCUT2D eigenvalue weighted by Gasteiger charge is 2.50. The molecule has 1 heterocycles. The Labute approximate surface area is 126 Å². The van der Waals surface area contributed by atoms with Crippen LogP contribution in [0, 0.1) is 24.2 Å². The molecule has 2 aliphatic carbocycles. The summed E-state index contributed by atoms with van der Waals surface area (Å²) in [5.41, 5.74) is 1.64. The summed E-state index contributed by atoms with van der Waals surface area (Å²) in [6.07, 6.45) is 6.92. The van der Waals surface area contributed by atoms with Gasteiger partial charge in [0, 0.05) is 37.7 Å². The van der Waals surface area contributed by atoms with E-state index in [4.69, 9.17) is 9.72 Å². The highest BCUT2D eigenvalue weighted by molar-refractivity contribution is 7.09. The molecular formula is C16H26N2OS. The van der Waals surface area contributed by atoms with Crippen molar-refractivity contribution < 1.29 is 4.74 Å². The number of rotatable bonds is 7. The number of aromatic nitrogens is 1. The molecule has 2 fully saturated rings. The van der Waals surface area contributed by atoms with Gasteiger partial charge in [0.25, 0.3) is 0 Å². The van der Waals surface area contributed by atoms with Crippen LogP contribution >= 0.6 is 11.3 Å². The first-order chi connectivity index (χ1) is 9.72. The molecule has 1 N–H and O–H groups in total. The Morgan fingerprint density at radius 2 is 2.40 bits per heavy atom. The van der Waals surface area contributed by atoms with Crippen LogP contribution in [0.3, 0.4) is 0 Å². The van der Waals surface area contributed by atoms with Crippen molar-refractivity contribution in [3.05, 3.63) is 16.1 Å². The highest BCUT2D eigenvalue weighted by atomic mass is 32.1. The summed E-state index contributed by atoms with van der Waals surface area (Å²) in [5.74, 6) is 1.89. The van der Waals surface area contributed by atoms with Crippen molar-refractivity contribution in [2.75, 3.05) is 26.8 Å². The monoisotopic (exact) mass is 294 g/mol. The maximum absolute atomic E-state index is 5.15. The third kappa shape index (κ3) is 2.92. The number of hydrogen-bond acceptors (Lipinski definition) is 4. The van der Waals surface area contributed by atoms with Crippen molar-refractivity contribution in [1.29, 1.82) is 0 Å². The average Bonchev–Trinajstić information content (AvgIpc) is 3.11. The maximum Gasteiger partial charge on any atom is 0.0934 e. The number of fused-ring (bicyclic) bond motifs is 2. The maximum atomic E-state index is 5.15. The standard InChI is InChI=1S/C16H26N2OS/c1-12-10-20-15(18-12)9-16(11-17-5-6-19-2)8-13-3-4-14(16)7-13/h10,13-14,17H,3-9,11H2,1-2H3. The molecule has 3 unspecified atom stereocenters. The van der Waals surface area contributed by atoms with Gasteiger partial charge in [0.2, 0.25) is 0 Å². The molecule has 2 aliphatic rings. The van der Waals surface area contributed by atoms with Crippen LogP contribution in [-0.2, 0) is 11.2 Å². The molecule has 0 aliphatic heterocycles. The average molecular weight is 294 g/mol. The molecule has 112 valence electrons. The smallest absolute Gasteiger partial charge is 0.0934 e. The number of nitrogens with one attached hydrogen (secondary N) is 1. The van der Waals surface area contributed by atoms with Crippen LogP contribution in [0.15, 0.2) is 5.38 Å². The van der Waals surface area contributed by atoms with E-state index in [1.54, 1.807) is 7.11 Å². The first-order valence-electron chi connectivity index (χ1n) is 7.82. The molecule has 0 spiro atoms. The van der Waals surface area contributed by atoms with E-state index in [0.29, 0.717) is 5.41 Å². The van der Waals surface area contributed by atoms with Gasteiger partial charge in [-0.2, -0.15) is 0 Å². The Balaban J connectivity index is 1.67. The molecule has 0 amide bonds. The van der Waals surface area contributed by atoms with Crippen molar-refractivity contribution in [3.8, 4) is 0 Å². The van der Waals surface area contributed by atoms with Gasteiger partial charge in [0.1, 0.15) is 0 Å². The predicted octanol–water partition coefficient (Wildman–Crippen LogP) is 3.04. The summed E-state index contributed by atoms with van der Waals surface area (Å²) in [4.78, 5) is 4.71. The van der Waals surface area contributed by atoms with Gasteiger partial charge in [-0.15, -0.1) is 11.3 Å². The van der Waals surface area contributed by atoms with Crippen molar-refractivity contribution in [1.82, 2.24) is 10.3 Å². The molecule has 2 bridgehead atoms. The lowest BCUT2D eigenvalue weighted by Crippen LogP contribution is -2.41. The lowest BCUT2D eigenvalue weighted by Gasteiger charge is -2.37. The van der Waals surface area contributed by atoms with Crippen LogP contribution < -0.4 is 5.32 Å². The molecule has 0 radical (unpaired) electrons. The number of thiazole rings is 1. The molecule has 1 aromatic rings. The summed E-state index contributed by atoms with van der Waals surface area (Å²) >= 11 is 1.84. The van der Waals surface area contributed by atoms with Gasteiger partial charge in [0.05, 0.1) is 11.6 Å². The Kier molecular flexibility index (Phi) is 4.43. The topological polar surface area (TPSA) is 34.1 Å². The van der Waals surface area contributed by atoms with E-state index in [1.807, 2.05) is 11.3 Å². The van der Waals surface area contributed by atoms with E-state index in [2.05, 4.69) is 17.6 Å². The fourth-order valence-corrected chi connectivity index (χ4v) is 5.28. The lowest BCUT2D eigenvalue weighted by molar-refractivity contribution is 0.145. The van der Waals surface area contributed by atoms with Crippen molar-refractivity contribution in [3.63, 3.8) is 0 Å². The molecule has 3 atom stereocenters. The van der Waals surface area contributed by atoms with Gasteiger partial charge in [-0.3, -0.25) is 0 Å². The van der Waals surface area contributed by atoms with Crippen molar-refractivity contribution in [2.45, 2.75) is 39.0 Å². The molecule has 0 saturated heterocycles. The number of nitrogens with zero attached hydrogens (tertiary/aromatic N) is 1. The summed E-state index contributed by atoms with van der Waals surface area (Å²) in [6.45, 7) is 5.01. The van der Waals surface area contributed by atoms with Gasteiger partial charge in [-0.25, -0.2) is 4.98 Å². The molecular weight excluding hydrogens is 268 g/mol. The zero-order chi connectivity index (χ0) is 14.0. The summed E-state index contributed by atoms with van der Waals surface area (Å²) < 4.78 is 5.15. The van der Waals surface area contributed by atoms with E-state index < -0.39 is 0 Å².